The fraction of sp³-hybridized carbons (Fsp3) is 0.478. The number of anilines is 1. The molecule has 1 amide bonds. The van der Waals surface area contributed by atoms with Gasteiger partial charge in [-0.25, -0.2) is 13.4 Å². The van der Waals surface area contributed by atoms with Crippen LogP contribution < -0.4 is 10.2 Å². The Morgan fingerprint density at radius 3 is 2.58 bits per heavy atom. The first kappa shape index (κ1) is 21.8. The smallest absolute Gasteiger partial charge is 0.251 e. The van der Waals surface area contributed by atoms with E-state index in [1.807, 2.05) is 19.1 Å². The van der Waals surface area contributed by atoms with E-state index in [0.717, 1.165) is 43.7 Å². The van der Waals surface area contributed by atoms with Crippen molar-refractivity contribution in [1.82, 2.24) is 14.6 Å². The average Bonchev–Trinajstić information content (AvgIpc) is 3.33. The van der Waals surface area contributed by atoms with Crippen LogP contribution in [-0.4, -0.2) is 49.3 Å². The van der Waals surface area contributed by atoms with Gasteiger partial charge < -0.3 is 10.2 Å². The summed E-state index contributed by atoms with van der Waals surface area (Å²) in [5, 5.41) is 2.87. The zero-order chi connectivity index (χ0) is 21.8. The average molecular weight is 443 g/mol. The van der Waals surface area contributed by atoms with Gasteiger partial charge in [-0.15, -0.1) is 0 Å². The highest BCUT2D eigenvalue weighted by Crippen LogP contribution is 2.25. The Balaban J connectivity index is 1.41. The quantitative estimate of drug-likeness (QED) is 0.743. The van der Waals surface area contributed by atoms with Crippen molar-refractivity contribution in [3.05, 3.63) is 53.7 Å². The number of carbonyl (C=O) groups is 1. The molecular formula is C23H30N4O3S. The second kappa shape index (κ2) is 9.36. The van der Waals surface area contributed by atoms with Crippen LogP contribution in [0, 0.1) is 0 Å². The van der Waals surface area contributed by atoms with Crippen molar-refractivity contribution < 1.29 is 13.2 Å². The highest BCUT2D eigenvalue weighted by Gasteiger charge is 2.31. The minimum atomic E-state index is -3.61. The zero-order valence-corrected chi connectivity index (χ0v) is 18.8. The number of pyridine rings is 1. The molecular weight excluding hydrogens is 412 g/mol. The Bertz CT molecular complexity index is 1020. The zero-order valence-electron chi connectivity index (χ0n) is 18.0. The highest BCUT2D eigenvalue weighted by molar-refractivity contribution is 7.89. The summed E-state index contributed by atoms with van der Waals surface area (Å²) in [6.45, 7) is 4.89. The summed E-state index contributed by atoms with van der Waals surface area (Å²) in [4.78, 5) is 19.6. The molecule has 1 N–H and O–H groups in total. The summed E-state index contributed by atoms with van der Waals surface area (Å²) in [7, 11) is -3.61. The van der Waals surface area contributed by atoms with Crippen molar-refractivity contribution in [1.29, 1.82) is 0 Å². The first-order valence-corrected chi connectivity index (χ1v) is 12.5. The second-order valence-electron chi connectivity index (χ2n) is 8.39. The van der Waals surface area contributed by atoms with Crippen LogP contribution in [0.15, 0.2) is 47.5 Å². The van der Waals surface area contributed by atoms with Gasteiger partial charge in [-0.05, 0) is 62.4 Å². The summed E-state index contributed by atoms with van der Waals surface area (Å²) in [6, 6.07) is 10.2. The van der Waals surface area contributed by atoms with Crippen LogP contribution >= 0.6 is 0 Å². The number of carbonyl (C=O) groups excluding carboxylic acids is 1. The molecule has 0 saturated carbocycles. The molecule has 3 heterocycles. The van der Waals surface area contributed by atoms with Gasteiger partial charge in [-0.1, -0.05) is 18.6 Å². The fourth-order valence-corrected chi connectivity index (χ4v) is 6.05. The van der Waals surface area contributed by atoms with Gasteiger partial charge in [-0.3, -0.25) is 4.79 Å². The van der Waals surface area contributed by atoms with E-state index in [1.54, 1.807) is 28.7 Å². The maximum absolute atomic E-state index is 13.1. The van der Waals surface area contributed by atoms with Crippen LogP contribution in [0.1, 0.15) is 54.9 Å². The summed E-state index contributed by atoms with van der Waals surface area (Å²) in [5.74, 6) is 0.671. The van der Waals surface area contributed by atoms with E-state index in [0.29, 0.717) is 18.7 Å². The van der Waals surface area contributed by atoms with Crippen molar-refractivity contribution in [3.63, 3.8) is 0 Å². The van der Waals surface area contributed by atoms with Crippen LogP contribution in [0.2, 0.25) is 0 Å². The summed E-state index contributed by atoms with van der Waals surface area (Å²) in [5.41, 5.74) is 1.24. The highest BCUT2D eigenvalue weighted by atomic mass is 32.2. The lowest BCUT2D eigenvalue weighted by molar-refractivity contribution is 0.0950. The SMILES string of the molecule is CC1CCCCN1S(=O)(=O)c1cccc(C(=O)NCc2ccc(N3CCCC3)nc2)c1. The molecule has 7 nitrogen and oxygen atoms in total. The summed E-state index contributed by atoms with van der Waals surface area (Å²) >= 11 is 0. The first-order valence-electron chi connectivity index (χ1n) is 11.0. The Labute approximate surface area is 184 Å². The fourth-order valence-electron chi connectivity index (χ4n) is 4.30. The van der Waals surface area contributed by atoms with E-state index >= 15 is 0 Å². The molecule has 0 aliphatic carbocycles. The lowest BCUT2D eigenvalue weighted by Crippen LogP contribution is -2.42. The van der Waals surface area contributed by atoms with Gasteiger partial charge in [0.2, 0.25) is 10.0 Å². The van der Waals surface area contributed by atoms with E-state index in [-0.39, 0.29) is 16.8 Å². The molecule has 2 aromatic rings. The van der Waals surface area contributed by atoms with Crippen LogP contribution in [0.4, 0.5) is 5.82 Å². The van der Waals surface area contributed by atoms with Gasteiger partial charge in [0.05, 0.1) is 4.90 Å². The van der Waals surface area contributed by atoms with Crippen LogP contribution in [0.25, 0.3) is 0 Å². The van der Waals surface area contributed by atoms with Gasteiger partial charge in [0, 0.05) is 44.0 Å². The van der Waals surface area contributed by atoms with E-state index < -0.39 is 10.0 Å². The molecule has 2 fully saturated rings. The standard InChI is InChI=1S/C23H30N4O3S/c1-18-7-2-3-14-27(18)31(29,30)21-9-6-8-20(15-21)23(28)25-17-19-10-11-22(24-16-19)26-12-4-5-13-26/h6,8-11,15-16,18H,2-5,7,12-14,17H2,1H3,(H,25,28). The third-order valence-electron chi connectivity index (χ3n) is 6.14. The largest absolute Gasteiger partial charge is 0.357 e. The molecule has 2 aliphatic heterocycles. The molecule has 0 spiro atoms. The number of aromatic nitrogens is 1. The molecule has 8 heteroatoms. The Hall–Kier alpha value is -2.45. The second-order valence-corrected chi connectivity index (χ2v) is 10.3. The molecule has 2 saturated heterocycles. The molecule has 2 aliphatic rings. The van der Waals surface area contributed by atoms with Gasteiger partial charge in [0.15, 0.2) is 0 Å². The molecule has 166 valence electrons. The predicted molar refractivity (Wildman–Crippen MR) is 121 cm³/mol. The third kappa shape index (κ3) is 4.91. The number of nitrogens with zero attached hydrogens (tertiary/aromatic N) is 3. The minimum absolute atomic E-state index is 0.0211. The molecule has 31 heavy (non-hydrogen) atoms. The topological polar surface area (TPSA) is 82.6 Å². The van der Waals surface area contributed by atoms with E-state index in [4.69, 9.17) is 0 Å². The molecule has 1 atom stereocenters. The third-order valence-corrected chi connectivity index (χ3v) is 8.15. The number of nitrogens with one attached hydrogen (secondary N) is 1. The number of hydrogen-bond donors (Lipinski definition) is 1. The Morgan fingerprint density at radius 2 is 1.87 bits per heavy atom. The van der Waals surface area contributed by atoms with Crippen LogP contribution in [-0.2, 0) is 16.6 Å². The normalized spacial score (nSPS) is 20.0. The Morgan fingerprint density at radius 1 is 1.10 bits per heavy atom. The molecule has 4 rings (SSSR count). The Kier molecular flexibility index (Phi) is 6.57. The lowest BCUT2D eigenvalue weighted by atomic mass is 10.1. The molecule has 1 unspecified atom stereocenters. The van der Waals surface area contributed by atoms with Crippen LogP contribution in [0.3, 0.4) is 0 Å². The van der Waals surface area contributed by atoms with Crippen molar-refractivity contribution >= 4 is 21.7 Å². The number of amides is 1. The molecule has 1 aromatic heterocycles. The number of benzene rings is 1. The maximum atomic E-state index is 13.1. The molecule has 0 radical (unpaired) electrons. The van der Waals surface area contributed by atoms with Crippen LogP contribution in [0.5, 0.6) is 0 Å². The number of sulfonamides is 1. The summed E-state index contributed by atoms with van der Waals surface area (Å²) in [6.07, 6.45) is 6.96. The molecule has 1 aromatic carbocycles. The first-order chi connectivity index (χ1) is 14.9. The van der Waals surface area contributed by atoms with Crippen molar-refractivity contribution in [2.45, 2.75) is 56.5 Å². The van der Waals surface area contributed by atoms with Gasteiger partial charge in [0.1, 0.15) is 5.82 Å². The minimum Gasteiger partial charge on any atom is -0.357 e. The van der Waals surface area contributed by atoms with E-state index in [2.05, 4.69) is 15.2 Å². The number of rotatable bonds is 6. The van der Waals surface area contributed by atoms with Crippen molar-refractivity contribution in [3.8, 4) is 0 Å². The number of piperidine rings is 1. The van der Waals surface area contributed by atoms with E-state index in [1.165, 1.54) is 18.9 Å². The monoisotopic (exact) mass is 442 g/mol. The predicted octanol–water partition coefficient (Wildman–Crippen LogP) is 3.17. The molecule has 0 bridgehead atoms. The van der Waals surface area contributed by atoms with Crippen molar-refractivity contribution in [2.24, 2.45) is 0 Å². The lowest BCUT2D eigenvalue weighted by Gasteiger charge is -2.32. The van der Waals surface area contributed by atoms with Gasteiger partial charge >= 0.3 is 0 Å². The summed E-state index contributed by atoms with van der Waals surface area (Å²) < 4.78 is 27.7. The van der Waals surface area contributed by atoms with Crippen molar-refractivity contribution in [2.75, 3.05) is 24.5 Å². The van der Waals surface area contributed by atoms with Gasteiger partial charge in [0.25, 0.3) is 5.91 Å². The number of hydrogen-bond acceptors (Lipinski definition) is 5. The maximum Gasteiger partial charge on any atom is 0.251 e. The van der Waals surface area contributed by atoms with Gasteiger partial charge in [-0.2, -0.15) is 4.31 Å². The van der Waals surface area contributed by atoms with E-state index in [9.17, 15) is 13.2 Å².